The maximum absolute atomic E-state index is 14.0. The van der Waals surface area contributed by atoms with Gasteiger partial charge in [-0.3, -0.25) is 9.69 Å². The van der Waals surface area contributed by atoms with E-state index >= 15 is 0 Å². The Bertz CT molecular complexity index is 966. The van der Waals surface area contributed by atoms with E-state index in [2.05, 4.69) is 0 Å². The first-order chi connectivity index (χ1) is 14.7. The Hall–Kier alpha value is -2.31. The first kappa shape index (κ1) is 25.9. The summed E-state index contributed by atoms with van der Waals surface area (Å²) in [5.41, 5.74) is -1.99. The van der Waals surface area contributed by atoms with Crippen LogP contribution in [-0.2, 0) is 11.0 Å². The summed E-state index contributed by atoms with van der Waals surface area (Å²) in [6.45, 7) is 6.75. The lowest BCUT2D eigenvalue weighted by Gasteiger charge is -2.23. The van der Waals surface area contributed by atoms with E-state index < -0.39 is 46.8 Å². The summed E-state index contributed by atoms with van der Waals surface area (Å²) in [5, 5.41) is 18.6. The molecule has 1 N–H and O–H groups in total. The molecule has 1 aromatic rings. The van der Waals surface area contributed by atoms with Crippen molar-refractivity contribution in [2.75, 3.05) is 4.90 Å². The predicted molar refractivity (Wildman–Crippen MR) is 118 cm³/mol. The summed E-state index contributed by atoms with van der Waals surface area (Å²) in [4.78, 5) is 14.4. The number of thiocarbonyl (C=S) groups is 1. The molecule has 1 fully saturated rings. The summed E-state index contributed by atoms with van der Waals surface area (Å²) in [7, 11) is 0. The van der Waals surface area contributed by atoms with Gasteiger partial charge in [-0.05, 0) is 50.5 Å². The molecule has 2 rings (SSSR count). The van der Waals surface area contributed by atoms with E-state index in [1.54, 1.807) is 27.7 Å². The molecule has 0 radical (unpaired) electrons. The third-order valence-electron chi connectivity index (χ3n) is 5.89. The van der Waals surface area contributed by atoms with Crippen molar-refractivity contribution < 1.29 is 27.5 Å². The number of carbonyl (C=O) groups excluding carboxylic acids is 1. The van der Waals surface area contributed by atoms with Gasteiger partial charge in [0.05, 0.1) is 39.4 Å². The van der Waals surface area contributed by atoms with Gasteiger partial charge in [0.2, 0.25) is 5.91 Å². The maximum atomic E-state index is 14.0. The summed E-state index contributed by atoms with van der Waals surface area (Å²) < 4.78 is 54.1. The molecule has 0 aromatic heterocycles. The Morgan fingerprint density at radius 2 is 2.03 bits per heavy atom. The number of aliphatic hydroxyl groups excluding tert-OH is 1. The van der Waals surface area contributed by atoms with Gasteiger partial charge >= 0.3 is 6.18 Å². The molecule has 1 saturated heterocycles. The number of carbonyl (C=O) groups is 1. The van der Waals surface area contributed by atoms with E-state index in [1.165, 1.54) is 18.2 Å². The molecule has 1 heterocycles. The van der Waals surface area contributed by atoms with Crippen molar-refractivity contribution in [2.24, 2.45) is 11.3 Å². The standard InChI is InChI=1S/C23H26F4N2O2S/c1-5-19(30)18(24)10-13(2)6-9-16-20(32)29(21(31)22(16,3)4)15-8-7-14(12-28)17(11-15)23(25,26)27/h7-8,10-11,16,18-19,30H,5-6,9H2,1-4H3/b13-10+/t16-,18?,19?/m1/s1. The lowest BCUT2D eigenvalue weighted by Crippen LogP contribution is -2.32. The Morgan fingerprint density at radius 3 is 2.56 bits per heavy atom. The van der Waals surface area contributed by atoms with Gasteiger partial charge in [-0.15, -0.1) is 0 Å². The lowest BCUT2D eigenvalue weighted by molar-refractivity contribution is -0.137. The van der Waals surface area contributed by atoms with E-state index in [1.807, 2.05) is 0 Å². The van der Waals surface area contributed by atoms with Crippen LogP contribution in [0.25, 0.3) is 0 Å². The fourth-order valence-corrected chi connectivity index (χ4v) is 4.40. The number of rotatable bonds is 7. The second-order valence-electron chi connectivity index (χ2n) is 8.56. The molecule has 0 bridgehead atoms. The average Bonchev–Trinajstić information content (AvgIpc) is 2.88. The topological polar surface area (TPSA) is 64.3 Å². The highest BCUT2D eigenvalue weighted by Crippen LogP contribution is 2.45. The van der Waals surface area contributed by atoms with E-state index in [4.69, 9.17) is 17.5 Å². The van der Waals surface area contributed by atoms with Crippen molar-refractivity contribution in [3.05, 3.63) is 41.0 Å². The third kappa shape index (κ3) is 5.18. The molecule has 0 aliphatic carbocycles. The van der Waals surface area contributed by atoms with Crippen LogP contribution in [0.2, 0.25) is 0 Å². The number of hydrogen-bond donors (Lipinski definition) is 1. The van der Waals surface area contributed by atoms with E-state index in [-0.39, 0.29) is 17.1 Å². The summed E-state index contributed by atoms with van der Waals surface area (Å²) in [6.07, 6.45) is -4.92. The van der Waals surface area contributed by atoms with Crippen LogP contribution in [0.5, 0.6) is 0 Å². The summed E-state index contributed by atoms with van der Waals surface area (Å²) >= 11 is 5.49. The van der Waals surface area contributed by atoms with Crippen LogP contribution < -0.4 is 4.90 Å². The zero-order chi connectivity index (χ0) is 24.4. The third-order valence-corrected chi connectivity index (χ3v) is 6.36. The highest BCUT2D eigenvalue weighted by atomic mass is 32.1. The normalized spacial score (nSPS) is 20.9. The van der Waals surface area contributed by atoms with Gasteiger partial charge in [0, 0.05) is 5.92 Å². The summed E-state index contributed by atoms with van der Waals surface area (Å²) in [6, 6.07) is 4.60. The quantitative estimate of drug-likeness (QED) is 0.314. The number of aliphatic hydroxyl groups is 1. The van der Waals surface area contributed by atoms with E-state index in [9.17, 15) is 27.5 Å². The second kappa shape index (κ2) is 9.67. The Labute approximate surface area is 190 Å². The lowest BCUT2D eigenvalue weighted by atomic mass is 9.78. The second-order valence-corrected chi connectivity index (χ2v) is 8.98. The Kier molecular flexibility index (Phi) is 7.84. The number of benzene rings is 1. The van der Waals surface area contributed by atoms with Crippen molar-refractivity contribution in [1.82, 2.24) is 0 Å². The van der Waals surface area contributed by atoms with Crippen LogP contribution in [-0.4, -0.2) is 28.3 Å². The molecule has 9 heteroatoms. The number of allylic oxidation sites excluding steroid dienone is 1. The van der Waals surface area contributed by atoms with Crippen LogP contribution in [0.3, 0.4) is 0 Å². The van der Waals surface area contributed by atoms with Crippen molar-refractivity contribution >= 4 is 28.8 Å². The van der Waals surface area contributed by atoms with Crippen molar-refractivity contribution in [3.8, 4) is 6.07 Å². The Balaban J connectivity index is 2.31. The van der Waals surface area contributed by atoms with Gasteiger partial charge in [0.1, 0.15) is 6.17 Å². The first-order valence-electron chi connectivity index (χ1n) is 10.2. The highest BCUT2D eigenvalue weighted by molar-refractivity contribution is 7.80. The zero-order valence-electron chi connectivity index (χ0n) is 18.3. The van der Waals surface area contributed by atoms with Gasteiger partial charge in [-0.2, -0.15) is 18.4 Å². The van der Waals surface area contributed by atoms with Gasteiger partial charge in [0.25, 0.3) is 0 Å². The minimum absolute atomic E-state index is 0.0379. The molecular weight excluding hydrogens is 444 g/mol. The molecule has 1 amide bonds. The van der Waals surface area contributed by atoms with Crippen LogP contribution in [0, 0.1) is 22.7 Å². The number of hydrogen-bond acceptors (Lipinski definition) is 4. The van der Waals surface area contributed by atoms with Gasteiger partial charge in [-0.1, -0.05) is 38.6 Å². The fraction of sp³-hybridized carbons (Fsp3) is 0.522. The SMILES string of the molecule is CCC(O)C(F)/C=C(\C)CC[C@@H]1C(=S)N(c2ccc(C#N)c(C(F)(F)F)c2)C(=O)C1(C)C. The highest BCUT2D eigenvalue weighted by Gasteiger charge is 2.51. The largest absolute Gasteiger partial charge is 0.417 e. The molecule has 4 nitrogen and oxygen atoms in total. The van der Waals surface area contributed by atoms with E-state index in [0.717, 1.165) is 17.0 Å². The van der Waals surface area contributed by atoms with Crippen LogP contribution in [0.1, 0.15) is 58.1 Å². The average molecular weight is 471 g/mol. The van der Waals surface area contributed by atoms with Gasteiger partial charge in [0.15, 0.2) is 0 Å². The molecule has 1 aromatic carbocycles. The number of anilines is 1. The molecule has 3 atom stereocenters. The fourth-order valence-electron chi connectivity index (χ4n) is 3.80. The minimum atomic E-state index is -4.76. The van der Waals surface area contributed by atoms with Crippen LogP contribution in [0.15, 0.2) is 29.8 Å². The van der Waals surface area contributed by atoms with Crippen LogP contribution in [0.4, 0.5) is 23.2 Å². The van der Waals surface area contributed by atoms with Crippen molar-refractivity contribution in [3.63, 3.8) is 0 Å². The minimum Gasteiger partial charge on any atom is -0.390 e. The zero-order valence-corrected chi connectivity index (χ0v) is 19.1. The number of halogens is 4. The molecule has 1 aliphatic heterocycles. The number of nitrogens with zero attached hydrogens (tertiary/aromatic N) is 2. The molecule has 2 unspecified atom stereocenters. The smallest absolute Gasteiger partial charge is 0.390 e. The molecule has 1 aliphatic rings. The summed E-state index contributed by atoms with van der Waals surface area (Å²) in [5.74, 6) is -0.885. The number of amides is 1. The number of nitriles is 1. The molecule has 32 heavy (non-hydrogen) atoms. The monoisotopic (exact) mass is 470 g/mol. The first-order valence-corrected chi connectivity index (χ1v) is 10.7. The molecule has 0 spiro atoms. The molecule has 0 saturated carbocycles. The molecular formula is C23H26F4N2O2S. The van der Waals surface area contributed by atoms with E-state index in [0.29, 0.717) is 18.4 Å². The number of alkyl halides is 4. The van der Waals surface area contributed by atoms with Crippen LogP contribution >= 0.6 is 12.2 Å². The Morgan fingerprint density at radius 1 is 1.41 bits per heavy atom. The van der Waals surface area contributed by atoms with Crippen molar-refractivity contribution in [2.45, 2.75) is 65.4 Å². The maximum Gasteiger partial charge on any atom is 0.417 e. The van der Waals surface area contributed by atoms with Gasteiger partial charge in [-0.25, -0.2) is 4.39 Å². The van der Waals surface area contributed by atoms with Gasteiger partial charge < -0.3 is 5.11 Å². The molecule has 174 valence electrons. The van der Waals surface area contributed by atoms with Crippen molar-refractivity contribution in [1.29, 1.82) is 5.26 Å². The predicted octanol–water partition coefficient (Wildman–Crippen LogP) is 5.73.